The van der Waals surface area contributed by atoms with Crippen molar-refractivity contribution in [3.8, 4) is 29.2 Å². The van der Waals surface area contributed by atoms with Crippen molar-refractivity contribution < 1.29 is 29.3 Å². The van der Waals surface area contributed by atoms with Crippen LogP contribution in [0.5, 0.6) is 17.4 Å². The molecule has 9 nitrogen and oxygen atoms in total. The van der Waals surface area contributed by atoms with Gasteiger partial charge in [-0.05, 0) is 35.9 Å². The van der Waals surface area contributed by atoms with Gasteiger partial charge < -0.3 is 29.6 Å². The average Bonchev–Trinajstić information content (AvgIpc) is 3.26. The normalized spacial score (nSPS) is 17.4. The fourth-order valence-corrected chi connectivity index (χ4v) is 3.69. The van der Waals surface area contributed by atoms with Crippen molar-refractivity contribution >= 4 is 22.7 Å². The molecule has 9 heteroatoms. The molecule has 2 aromatic carbocycles. The standard InChI is InChI=1S/C23H21N3O6/c1-31-18-7-4-15-13-26(20(28)19(15)12-18)14-23(21(29)24-22(30)25-23)16-5-8-17(9-6-16)32-11-3-2-10-27/h4-9,12-13,27-28H,10-11,14H2,1H3,(H2,24,25,29,30)/t23-/m0/s1. The highest BCUT2D eigenvalue weighted by molar-refractivity contribution is 6.07. The maximum atomic E-state index is 12.9. The van der Waals surface area contributed by atoms with Gasteiger partial charge in [-0.1, -0.05) is 24.0 Å². The van der Waals surface area contributed by atoms with E-state index in [1.54, 1.807) is 48.7 Å². The molecule has 4 rings (SSSR count). The highest BCUT2D eigenvalue weighted by Gasteiger charge is 2.48. The van der Waals surface area contributed by atoms with Gasteiger partial charge >= 0.3 is 6.03 Å². The number of carbonyl (C=O) groups is 2. The van der Waals surface area contributed by atoms with Crippen molar-refractivity contribution in [1.82, 2.24) is 15.2 Å². The Bertz CT molecular complexity index is 1240. The minimum Gasteiger partial charge on any atom is -0.497 e. The van der Waals surface area contributed by atoms with Crippen LogP contribution in [-0.4, -0.2) is 47.0 Å². The lowest BCUT2D eigenvalue weighted by Crippen LogP contribution is -2.47. The van der Waals surface area contributed by atoms with Crippen molar-refractivity contribution in [2.75, 3.05) is 20.3 Å². The van der Waals surface area contributed by atoms with E-state index in [1.165, 1.54) is 11.7 Å². The molecule has 0 unspecified atom stereocenters. The van der Waals surface area contributed by atoms with Gasteiger partial charge in [0.25, 0.3) is 5.91 Å². The number of aliphatic hydroxyl groups excluding tert-OH is 1. The molecule has 0 bridgehead atoms. The molecule has 0 saturated carbocycles. The van der Waals surface area contributed by atoms with Gasteiger partial charge in [0.15, 0.2) is 11.4 Å². The van der Waals surface area contributed by atoms with E-state index >= 15 is 0 Å². The Balaban J connectivity index is 1.68. The molecular formula is C23H21N3O6. The summed E-state index contributed by atoms with van der Waals surface area (Å²) in [6.07, 6.45) is 1.71. The lowest BCUT2D eigenvalue weighted by atomic mass is 9.89. The van der Waals surface area contributed by atoms with E-state index in [4.69, 9.17) is 14.6 Å². The van der Waals surface area contributed by atoms with Crippen LogP contribution in [0.15, 0.2) is 48.7 Å². The number of hydrogen-bond acceptors (Lipinski definition) is 6. The number of urea groups is 1. The van der Waals surface area contributed by atoms with Crippen molar-refractivity contribution in [3.05, 3.63) is 54.2 Å². The van der Waals surface area contributed by atoms with Crippen LogP contribution < -0.4 is 20.1 Å². The fraction of sp³-hybridized carbons (Fsp3) is 0.217. The first-order valence-electron chi connectivity index (χ1n) is 9.76. The van der Waals surface area contributed by atoms with E-state index in [-0.39, 0.29) is 25.6 Å². The first-order valence-corrected chi connectivity index (χ1v) is 9.76. The Kier molecular flexibility index (Phi) is 5.62. The molecule has 1 saturated heterocycles. The van der Waals surface area contributed by atoms with Crippen LogP contribution in [0.3, 0.4) is 0 Å². The quantitative estimate of drug-likeness (QED) is 0.344. The van der Waals surface area contributed by atoms with E-state index in [9.17, 15) is 14.7 Å². The van der Waals surface area contributed by atoms with Crippen molar-refractivity contribution in [3.63, 3.8) is 0 Å². The maximum Gasteiger partial charge on any atom is 0.322 e. The largest absolute Gasteiger partial charge is 0.497 e. The van der Waals surface area contributed by atoms with Crippen molar-refractivity contribution in [2.24, 2.45) is 0 Å². The lowest BCUT2D eigenvalue weighted by molar-refractivity contribution is -0.124. The summed E-state index contributed by atoms with van der Waals surface area (Å²) in [5.41, 5.74) is -0.910. The molecule has 0 spiro atoms. The number of aliphatic hydroxyl groups is 1. The second-order valence-electron chi connectivity index (χ2n) is 7.17. The van der Waals surface area contributed by atoms with E-state index < -0.39 is 17.5 Å². The third kappa shape index (κ3) is 3.79. The Labute approximate surface area is 183 Å². The first-order chi connectivity index (χ1) is 15.5. The SMILES string of the molecule is COc1ccc2cn(C[C@@]3(c4ccc(OCC#CCO)cc4)NC(=O)NC3=O)c(O)c2c1. The fourth-order valence-electron chi connectivity index (χ4n) is 3.69. The van der Waals surface area contributed by atoms with Gasteiger partial charge in [-0.3, -0.25) is 10.1 Å². The van der Waals surface area contributed by atoms with E-state index in [1.807, 2.05) is 0 Å². The predicted molar refractivity (Wildman–Crippen MR) is 115 cm³/mol. The number of methoxy groups -OCH3 is 1. The molecule has 0 aliphatic carbocycles. The summed E-state index contributed by atoms with van der Waals surface area (Å²) in [6, 6.07) is 11.3. The highest BCUT2D eigenvalue weighted by atomic mass is 16.5. The Hall–Kier alpha value is -4.16. The zero-order valence-corrected chi connectivity index (χ0v) is 17.2. The van der Waals surface area contributed by atoms with Crippen LogP contribution in [0.1, 0.15) is 5.56 Å². The van der Waals surface area contributed by atoms with E-state index in [0.29, 0.717) is 22.4 Å². The molecule has 164 valence electrons. The first kappa shape index (κ1) is 21.1. The molecule has 3 amide bonds. The van der Waals surface area contributed by atoms with Crippen molar-refractivity contribution in [2.45, 2.75) is 12.1 Å². The lowest BCUT2D eigenvalue weighted by Gasteiger charge is -2.27. The minimum atomic E-state index is -1.43. The molecular weight excluding hydrogens is 414 g/mol. The van der Waals surface area contributed by atoms with Gasteiger partial charge in [-0.15, -0.1) is 0 Å². The number of nitrogens with zero attached hydrogens (tertiary/aromatic N) is 1. The van der Waals surface area contributed by atoms with Gasteiger partial charge in [0.05, 0.1) is 13.7 Å². The predicted octanol–water partition coefficient (Wildman–Crippen LogP) is 1.46. The summed E-state index contributed by atoms with van der Waals surface area (Å²) in [7, 11) is 1.54. The number of benzene rings is 2. The number of hydrogen-bond donors (Lipinski definition) is 4. The number of aromatic hydroxyl groups is 1. The second kappa shape index (κ2) is 8.53. The third-order valence-electron chi connectivity index (χ3n) is 5.28. The zero-order chi connectivity index (χ0) is 22.7. The summed E-state index contributed by atoms with van der Waals surface area (Å²) >= 11 is 0. The number of amides is 3. The molecule has 1 aliphatic rings. The molecule has 1 aliphatic heterocycles. The maximum absolute atomic E-state index is 12.9. The molecule has 1 fully saturated rings. The molecule has 1 atom stereocenters. The number of carbonyl (C=O) groups excluding carboxylic acids is 2. The van der Waals surface area contributed by atoms with Crippen LogP contribution >= 0.6 is 0 Å². The number of aromatic nitrogens is 1. The Morgan fingerprint density at radius 2 is 1.84 bits per heavy atom. The number of ether oxygens (including phenoxy) is 2. The molecule has 2 heterocycles. The second-order valence-corrected chi connectivity index (χ2v) is 7.17. The van der Waals surface area contributed by atoms with E-state index in [0.717, 1.165) is 5.39 Å². The Morgan fingerprint density at radius 1 is 1.09 bits per heavy atom. The third-order valence-corrected chi connectivity index (χ3v) is 5.28. The van der Waals surface area contributed by atoms with Crippen LogP contribution in [-0.2, 0) is 16.9 Å². The molecule has 1 aromatic heterocycles. The van der Waals surface area contributed by atoms with E-state index in [2.05, 4.69) is 22.5 Å². The van der Waals surface area contributed by atoms with Crippen LogP contribution in [0.4, 0.5) is 4.79 Å². The number of nitrogens with one attached hydrogen (secondary N) is 2. The van der Waals surface area contributed by atoms with Gasteiger partial charge in [-0.25, -0.2) is 4.79 Å². The van der Waals surface area contributed by atoms with Gasteiger partial charge in [0, 0.05) is 17.0 Å². The Morgan fingerprint density at radius 3 is 2.50 bits per heavy atom. The summed E-state index contributed by atoms with van der Waals surface area (Å²) < 4.78 is 12.2. The zero-order valence-electron chi connectivity index (χ0n) is 17.2. The van der Waals surface area contributed by atoms with Gasteiger partial charge in [-0.2, -0.15) is 0 Å². The summed E-state index contributed by atoms with van der Waals surface area (Å²) in [5.74, 6) is 5.67. The molecule has 32 heavy (non-hydrogen) atoms. The smallest absolute Gasteiger partial charge is 0.322 e. The van der Waals surface area contributed by atoms with Gasteiger partial charge in [0.1, 0.15) is 24.7 Å². The summed E-state index contributed by atoms with van der Waals surface area (Å²) in [5, 5.41) is 25.8. The number of fused-ring (bicyclic) bond motifs is 1. The molecule has 4 N–H and O–H groups in total. The van der Waals surface area contributed by atoms with Crippen LogP contribution in [0.2, 0.25) is 0 Å². The molecule has 0 radical (unpaired) electrons. The van der Waals surface area contributed by atoms with Crippen molar-refractivity contribution in [1.29, 1.82) is 0 Å². The summed E-state index contributed by atoms with van der Waals surface area (Å²) in [6.45, 7) is -0.168. The average molecular weight is 435 g/mol. The number of rotatable bonds is 6. The highest BCUT2D eigenvalue weighted by Crippen LogP contribution is 2.35. The van der Waals surface area contributed by atoms with Gasteiger partial charge in [0.2, 0.25) is 0 Å². The summed E-state index contributed by atoms with van der Waals surface area (Å²) in [4.78, 5) is 24.9. The topological polar surface area (TPSA) is 122 Å². The monoisotopic (exact) mass is 435 g/mol. The van der Waals surface area contributed by atoms with Crippen LogP contribution in [0, 0.1) is 11.8 Å². The number of imide groups is 1. The van der Waals surface area contributed by atoms with Crippen LogP contribution in [0.25, 0.3) is 10.8 Å². The molecule has 3 aromatic rings. The minimum absolute atomic E-state index is 0.0322.